The molecule has 4 rings (SSSR count). The summed E-state index contributed by atoms with van der Waals surface area (Å²) in [6.45, 7) is 14.1. The Labute approximate surface area is 260 Å². The normalized spacial score (nSPS) is 28.4. The molecule has 4 aliphatic rings. The summed E-state index contributed by atoms with van der Waals surface area (Å²) >= 11 is 0. The Hall–Kier alpha value is -2.80. The number of esters is 1. The molecule has 0 unspecified atom stereocenters. The van der Waals surface area contributed by atoms with Crippen molar-refractivity contribution in [2.45, 2.75) is 75.7 Å². The fraction of sp³-hybridized carbons (Fsp3) is 0.750. The first-order chi connectivity index (χ1) is 21.3. The van der Waals surface area contributed by atoms with Crippen LogP contribution in [0.5, 0.6) is 0 Å². The van der Waals surface area contributed by atoms with Gasteiger partial charge in [-0.2, -0.15) is 0 Å². The van der Waals surface area contributed by atoms with Crippen molar-refractivity contribution in [3.8, 4) is 0 Å². The van der Waals surface area contributed by atoms with Crippen LogP contribution in [0.25, 0.3) is 0 Å². The molecular formula is C32H50N4O8. The van der Waals surface area contributed by atoms with Gasteiger partial charge in [0.15, 0.2) is 0 Å². The number of hydrogen-bond donors (Lipinski definition) is 2. The number of nitrogens with zero attached hydrogens (tertiary/aromatic N) is 3. The smallest absolute Gasteiger partial charge is 0.312 e. The predicted molar refractivity (Wildman–Crippen MR) is 162 cm³/mol. The monoisotopic (exact) mass is 618 g/mol. The quantitative estimate of drug-likeness (QED) is 0.130. The third-order valence-electron chi connectivity index (χ3n) is 9.29. The van der Waals surface area contributed by atoms with E-state index in [-0.39, 0.29) is 30.9 Å². The number of rotatable bonds is 18. The highest BCUT2D eigenvalue weighted by Crippen LogP contribution is 2.58. The van der Waals surface area contributed by atoms with Crippen LogP contribution in [0.4, 0.5) is 0 Å². The molecule has 1 spiro atoms. The molecule has 4 heterocycles. The van der Waals surface area contributed by atoms with Crippen molar-refractivity contribution < 1.29 is 38.5 Å². The van der Waals surface area contributed by atoms with Crippen molar-refractivity contribution in [1.29, 1.82) is 0 Å². The van der Waals surface area contributed by atoms with Crippen molar-refractivity contribution in [3.63, 3.8) is 0 Å². The molecule has 12 nitrogen and oxygen atoms in total. The molecule has 4 saturated heterocycles. The number of nitrogens with one attached hydrogen (secondary N) is 1. The van der Waals surface area contributed by atoms with E-state index < -0.39 is 41.7 Å². The van der Waals surface area contributed by atoms with Gasteiger partial charge in [-0.25, -0.2) is 0 Å². The summed E-state index contributed by atoms with van der Waals surface area (Å²) in [7, 11) is 0. The van der Waals surface area contributed by atoms with Crippen molar-refractivity contribution in [2.75, 3.05) is 65.6 Å². The van der Waals surface area contributed by atoms with E-state index in [9.17, 15) is 24.3 Å². The van der Waals surface area contributed by atoms with Crippen molar-refractivity contribution >= 4 is 23.7 Å². The van der Waals surface area contributed by atoms with Gasteiger partial charge in [-0.1, -0.05) is 12.2 Å². The van der Waals surface area contributed by atoms with Gasteiger partial charge >= 0.3 is 5.97 Å². The summed E-state index contributed by atoms with van der Waals surface area (Å²) in [4.78, 5) is 59.8. The summed E-state index contributed by atoms with van der Waals surface area (Å²) in [6, 6.07) is -0.858. The third kappa shape index (κ3) is 7.52. The number of unbranched alkanes of at least 4 members (excludes halogenated alkanes) is 2. The molecule has 6 atom stereocenters. The fourth-order valence-corrected chi connectivity index (χ4v) is 7.12. The zero-order valence-electron chi connectivity index (χ0n) is 26.1. The van der Waals surface area contributed by atoms with Gasteiger partial charge in [-0.3, -0.25) is 24.1 Å². The maximum Gasteiger partial charge on any atom is 0.312 e. The largest absolute Gasteiger partial charge is 0.460 e. The molecular weight excluding hydrogens is 568 g/mol. The maximum atomic E-state index is 14.4. The van der Waals surface area contributed by atoms with E-state index in [1.54, 1.807) is 28.9 Å². The van der Waals surface area contributed by atoms with Crippen LogP contribution in [0, 0.1) is 11.8 Å². The first kappa shape index (κ1) is 34.1. The summed E-state index contributed by atoms with van der Waals surface area (Å²) in [5.74, 6) is -2.79. The van der Waals surface area contributed by atoms with Gasteiger partial charge in [-0.05, 0) is 45.4 Å². The number of likely N-dealkylation sites (tertiary alicyclic amines) is 1. The Balaban J connectivity index is 1.51. The molecule has 0 saturated carbocycles. The van der Waals surface area contributed by atoms with Crippen molar-refractivity contribution in [2.24, 2.45) is 11.8 Å². The van der Waals surface area contributed by atoms with Crippen LogP contribution in [-0.2, 0) is 33.4 Å². The summed E-state index contributed by atoms with van der Waals surface area (Å²) in [5.41, 5.74) is -1.11. The van der Waals surface area contributed by atoms with Crippen LogP contribution in [0.3, 0.4) is 0 Å². The average Bonchev–Trinajstić information content (AvgIpc) is 3.66. The minimum Gasteiger partial charge on any atom is -0.460 e. The van der Waals surface area contributed by atoms with E-state index >= 15 is 0 Å². The van der Waals surface area contributed by atoms with Crippen LogP contribution in [0.15, 0.2) is 25.3 Å². The zero-order chi connectivity index (χ0) is 31.7. The number of aliphatic hydroxyl groups excluding tert-OH is 1. The molecule has 2 bridgehead atoms. The molecule has 0 aromatic rings. The minimum absolute atomic E-state index is 0.0587. The van der Waals surface area contributed by atoms with Crippen LogP contribution in [0.2, 0.25) is 0 Å². The SMILES string of the molecule is C=CCCC(=O)NC[C@H](C)OC(=O)[C@@H]1[C@H]2C(=O)N(CCCCCO)[C@H](C(=O)N(CC=C)CCN3CCOCC3)[C@]23CC[C@H]1O3. The summed E-state index contributed by atoms with van der Waals surface area (Å²) < 4.78 is 17.8. The van der Waals surface area contributed by atoms with Crippen LogP contribution < -0.4 is 5.32 Å². The number of aliphatic hydroxyl groups is 1. The first-order valence-corrected chi connectivity index (χ1v) is 16.1. The van der Waals surface area contributed by atoms with Crippen molar-refractivity contribution in [1.82, 2.24) is 20.0 Å². The van der Waals surface area contributed by atoms with Crippen LogP contribution >= 0.6 is 0 Å². The van der Waals surface area contributed by atoms with Gasteiger partial charge in [0.05, 0.1) is 37.7 Å². The van der Waals surface area contributed by atoms with Gasteiger partial charge in [0.1, 0.15) is 17.7 Å². The maximum absolute atomic E-state index is 14.4. The Morgan fingerprint density at radius 3 is 2.66 bits per heavy atom. The molecule has 44 heavy (non-hydrogen) atoms. The first-order valence-electron chi connectivity index (χ1n) is 16.1. The number of allylic oxidation sites excluding steroid dienone is 1. The molecule has 3 amide bonds. The van der Waals surface area contributed by atoms with E-state index in [4.69, 9.17) is 14.2 Å². The molecule has 0 radical (unpaired) electrons. The Kier molecular flexibility index (Phi) is 12.4. The van der Waals surface area contributed by atoms with E-state index in [1.807, 2.05) is 0 Å². The number of amides is 3. The Morgan fingerprint density at radius 2 is 1.95 bits per heavy atom. The molecule has 0 aliphatic carbocycles. The lowest BCUT2D eigenvalue weighted by molar-refractivity contribution is -0.159. The molecule has 4 aliphatic heterocycles. The number of ether oxygens (including phenoxy) is 3. The van der Waals surface area contributed by atoms with Crippen LogP contribution in [0.1, 0.15) is 51.9 Å². The molecule has 12 heteroatoms. The molecule has 2 N–H and O–H groups in total. The molecule has 246 valence electrons. The highest BCUT2D eigenvalue weighted by Gasteiger charge is 2.75. The van der Waals surface area contributed by atoms with E-state index in [1.165, 1.54) is 0 Å². The van der Waals surface area contributed by atoms with Gasteiger partial charge < -0.3 is 34.4 Å². The number of morpholine rings is 1. The van der Waals surface area contributed by atoms with Gasteiger partial charge in [0.2, 0.25) is 17.7 Å². The number of carbonyl (C=O) groups is 4. The van der Waals surface area contributed by atoms with E-state index in [2.05, 4.69) is 23.4 Å². The van der Waals surface area contributed by atoms with E-state index in [0.717, 1.165) is 13.1 Å². The van der Waals surface area contributed by atoms with E-state index in [0.29, 0.717) is 84.3 Å². The highest BCUT2D eigenvalue weighted by atomic mass is 16.6. The van der Waals surface area contributed by atoms with Crippen LogP contribution in [-0.4, -0.2) is 133 Å². The standard InChI is InChI=1S/C32H50N4O8/c1-4-6-10-25(38)33-22-23(3)43-31(41)26-24-11-12-32(44-24)27(26)29(39)36(14-8-7-9-19-37)28(32)30(40)35(13-5-2)16-15-34-17-20-42-21-18-34/h4-5,23-24,26-28,37H,1-2,6-22H2,3H3,(H,33,38)/t23-,24+,26-,27-,28+,32-/m0/s1. The lowest BCUT2D eigenvalue weighted by atomic mass is 9.70. The second-order valence-electron chi connectivity index (χ2n) is 12.3. The number of carbonyl (C=O) groups excluding carboxylic acids is 4. The van der Waals surface area contributed by atoms with Gasteiger partial charge in [0.25, 0.3) is 0 Å². The minimum atomic E-state index is -1.11. The lowest BCUT2D eigenvalue weighted by Gasteiger charge is -2.37. The van der Waals surface area contributed by atoms with Gasteiger partial charge in [0, 0.05) is 52.3 Å². The highest BCUT2D eigenvalue weighted by molar-refractivity contribution is 5.98. The molecule has 4 fully saturated rings. The topological polar surface area (TPSA) is 138 Å². The summed E-state index contributed by atoms with van der Waals surface area (Å²) in [6.07, 6.45) is 6.09. The second-order valence-corrected chi connectivity index (χ2v) is 12.3. The average molecular weight is 619 g/mol. The molecule has 0 aromatic carbocycles. The Morgan fingerprint density at radius 1 is 1.18 bits per heavy atom. The van der Waals surface area contributed by atoms with Crippen molar-refractivity contribution in [3.05, 3.63) is 25.3 Å². The van der Waals surface area contributed by atoms with Gasteiger partial charge in [-0.15, -0.1) is 13.2 Å². The fourth-order valence-electron chi connectivity index (χ4n) is 7.12. The Bertz CT molecular complexity index is 1050. The molecule has 0 aromatic heterocycles. The third-order valence-corrected chi connectivity index (χ3v) is 9.29. The number of fused-ring (bicyclic) bond motifs is 1. The zero-order valence-corrected chi connectivity index (χ0v) is 26.1. The lowest BCUT2D eigenvalue weighted by Crippen LogP contribution is -2.57. The number of hydrogen-bond acceptors (Lipinski definition) is 9. The predicted octanol–water partition coefficient (Wildman–Crippen LogP) is 0.885. The second kappa shape index (κ2) is 16.0. The summed E-state index contributed by atoms with van der Waals surface area (Å²) in [5, 5.41) is 12.0.